The molecule has 6 rings (SSSR count). The molecule has 2 aliphatic rings. The number of hydrogen-bond donors (Lipinski definition) is 5. The molecular formula is C34H35N9O9S2. The van der Waals surface area contributed by atoms with Crippen LogP contribution in [0, 0.1) is 5.92 Å². The minimum atomic E-state index is -1.75. The molecule has 20 heteroatoms. The number of aliphatic carboxylic acids is 2. The van der Waals surface area contributed by atoms with Gasteiger partial charge in [-0.2, -0.15) is 0 Å². The Labute approximate surface area is 315 Å². The molecule has 0 bridgehead atoms. The van der Waals surface area contributed by atoms with Gasteiger partial charge in [0.25, 0.3) is 6.47 Å². The summed E-state index contributed by atoms with van der Waals surface area (Å²) in [5.41, 5.74) is 17.6. The number of nitrogen functional groups attached to an aromatic ring is 1. The lowest BCUT2D eigenvalue weighted by Gasteiger charge is -2.50. The van der Waals surface area contributed by atoms with E-state index in [4.69, 9.17) is 31.9 Å². The highest BCUT2D eigenvalue weighted by atomic mass is 32.2. The molecule has 1 aromatic carbocycles. The first-order valence-corrected chi connectivity index (χ1v) is 17.9. The summed E-state index contributed by atoms with van der Waals surface area (Å²) in [4.78, 5) is 73.7. The zero-order chi connectivity index (χ0) is 39.3. The van der Waals surface area contributed by atoms with Crippen molar-refractivity contribution in [1.29, 1.82) is 0 Å². The van der Waals surface area contributed by atoms with Crippen LogP contribution in [0.15, 0.2) is 81.8 Å². The van der Waals surface area contributed by atoms with Crippen LogP contribution >= 0.6 is 23.1 Å². The van der Waals surface area contributed by atoms with E-state index in [0.29, 0.717) is 17.8 Å². The molecule has 0 aliphatic carbocycles. The third-order valence-corrected chi connectivity index (χ3v) is 10.4. The number of anilines is 1. The number of guanidine groups is 1. The van der Waals surface area contributed by atoms with Crippen molar-refractivity contribution in [2.75, 3.05) is 11.5 Å². The second-order valence-corrected chi connectivity index (χ2v) is 14.5. The molecular weight excluding hydrogens is 743 g/mol. The predicted molar refractivity (Wildman–Crippen MR) is 196 cm³/mol. The fraction of sp³-hybridized carbons (Fsp3) is 0.265. The van der Waals surface area contributed by atoms with Crippen molar-refractivity contribution in [3.8, 4) is 0 Å². The first-order valence-electron chi connectivity index (χ1n) is 16.0. The smallest absolute Gasteiger partial charge is 0.350 e. The standard InChI is InChI=1S/C33H33N9O7S2.CH2O2/c1-33(2,30(47)48)49-39-25(22-16-51-32(36)38-22)24(43)11-21-27(44)42-26(29(45)46)19(15-50-28(21)42)14-40-9-8-23-18(13-40)7-10-41(23)12-17-3-5-20(6-4-17)37-31(34)35;2-1-3/h3-10,13,16,21,28H,11-12,14-15H2,1-2H3,(H7-,34,35,36,37,38,45,46,47,48);1H,(H,2,3)/b39-25-;/t21-,28-;/m1./s1. The Morgan fingerprint density at radius 2 is 1.89 bits per heavy atom. The van der Waals surface area contributed by atoms with E-state index < -0.39 is 40.5 Å². The highest BCUT2D eigenvalue weighted by Crippen LogP contribution is 2.45. The van der Waals surface area contributed by atoms with Crippen LogP contribution in [-0.2, 0) is 41.9 Å². The number of pyridine rings is 1. The number of carbonyl (C=O) groups is 5. The number of aliphatic imine (C=N–C) groups is 1. The van der Waals surface area contributed by atoms with Crippen LogP contribution < -0.4 is 26.9 Å². The van der Waals surface area contributed by atoms with E-state index in [1.165, 1.54) is 35.9 Å². The molecule has 8 N–H and O–H groups in total. The summed E-state index contributed by atoms with van der Waals surface area (Å²) in [6, 6.07) is 11.4. The van der Waals surface area contributed by atoms with Crippen LogP contribution in [0.3, 0.4) is 0 Å². The predicted octanol–water partition coefficient (Wildman–Crippen LogP) is 0.400. The van der Waals surface area contributed by atoms with Crippen molar-refractivity contribution in [2.45, 2.75) is 44.3 Å². The Morgan fingerprint density at radius 1 is 1.19 bits per heavy atom. The monoisotopic (exact) mass is 777 g/mol. The van der Waals surface area contributed by atoms with Crippen LogP contribution in [0.4, 0.5) is 10.8 Å². The van der Waals surface area contributed by atoms with Crippen molar-refractivity contribution in [2.24, 2.45) is 27.5 Å². The van der Waals surface area contributed by atoms with Gasteiger partial charge in [0.1, 0.15) is 5.69 Å². The first kappa shape index (κ1) is 38.9. The van der Waals surface area contributed by atoms with Gasteiger partial charge in [-0.3, -0.25) is 19.3 Å². The van der Waals surface area contributed by atoms with E-state index in [2.05, 4.69) is 19.7 Å². The lowest BCUT2D eigenvalue weighted by atomic mass is 9.89. The minimum absolute atomic E-state index is 0.0132. The van der Waals surface area contributed by atoms with Gasteiger partial charge in [0.05, 0.1) is 39.5 Å². The molecule has 0 spiro atoms. The molecule has 282 valence electrons. The second kappa shape index (κ2) is 16.2. The maximum atomic E-state index is 13.5. The molecule has 54 heavy (non-hydrogen) atoms. The summed E-state index contributed by atoms with van der Waals surface area (Å²) in [6.45, 7) is 3.08. The van der Waals surface area contributed by atoms with Gasteiger partial charge in [-0.15, -0.1) is 23.1 Å². The van der Waals surface area contributed by atoms with Gasteiger partial charge in [0.2, 0.25) is 11.5 Å². The van der Waals surface area contributed by atoms with Gasteiger partial charge in [0.15, 0.2) is 41.5 Å². The number of fused-ring (bicyclic) bond motifs is 2. The molecule has 4 aromatic rings. The summed E-state index contributed by atoms with van der Waals surface area (Å²) in [5, 5.41) is 34.5. The Morgan fingerprint density at radius 3 is 2.50 bits per heavy atom. The summed E-state index contributed by atoms with van der Waals surface area (Å²) in [5.74, 6) is -4.58. The van der Waals surface area contributed by atoms with Crippen molar-refractivity contribution in [3.63, 3.8) is 0 Å². The number of rotatable bonds is 13. The lowest BCUT2D eigenvalue weighted by Crippen LogP contribution is -2.63. The van der Waals surface area contributed by atoms with Crippen LogP contribution in [-0.4, -0.2) is 83.2 Å². The topological polar surface area (TPSA) is 286 Å². The molecule has 0 unspecified atom stereocenters. The van der Waals surface area contributed by atoms with Crippen molar-refractivity contribution in [1.82, 2.24) is 14.5 Å². The number of ketones is 1. The van der Waals surface area contributed by atoms with Crippen molar-refractivity contribution >= 4 is 86.6 Å². The number of β-lactam (4-membered cyclic amide) rings is 1. The van der Waals surface area contributed by atoms with E-state index in [-0.39, 0.29) is 53.4 Å². The number of benzene rings is 1. The second-order valence-electron chi connectivity index (χ2n) is 12.5. The number of thioether (sulfide) groups is 1. The number of nitrogens with two attached hydrogens (primary N) is 3. The zero-order valence-electron chi connectivity index (χ0n) is 28.8. The van der Waals surface area contributed by atoms with Crippen LogP contribution in [0.5, 0.6) is 0 Å². The number of amides is 1. The molecule has 2 aliphatic heterocycles. The molecule has 18 nitrogen and oxygen atoms in total. The maximum absolute atomic E-state index is 13.5. The number of oxime groups is 1. The SMILES string of the molecule is CC(C)(O/N=C(\C(=O)C[C@@H]1C(=O)N2C(C(=O)[O-])=C(C[n+]3ccc4c(ccn4Cc4ccc(N=C(N)N)cc4)c3)CS[C@H]12)c1csc(N)n1)C(=O)O.O=CO. The third-order valence-electron chi connectivity index (χ3n) is 8.35. The van der Waals surface area contributed by atoms with E-state index in [1.807, 2.05) is 59.6 Å². The molecule has 0 radical (unpaired) electrons. The quantitative estimate of drug-likeness (QED) is 0.0307. The summed E-state index contributed by atoms with van der Waals surface area (Å²) >= 11 is 2.39. The number of thiazole rings is 1. The van der Waals surface area contributed by atoms with Gasteiger partial charge < -0.3 is 46.7 Å². The Balaban J connectivity index is 0.00000181. The van der Waals surface area contributed by atoms with Crippen LogP contribution in [0.1, 0.15) is 31.5 Å². The first-order chi connectivity index (χ1) is 25.6. The number of carboxylic acids is 2. The number of hydrogen-bond acceptors (Lipinski definition) is 13. The Kier molecular flexibility index (Phi) is 11.7. The molecule has 1 amide bonds. The third kappa shape index (κ3) is 8.50. The maximum Gasteiger partial charge on any atom is 0.350 e. The molecule has 2 atom stereocenters. The van der Waals surface area contributed by atoms with E-state index in [1.54, 1.807) is 0 Å². The van der Waals surface area contributed by atoms with Gasteiger partial charge in [-0.25, -0.2) is 19.3 Å². The van der Waals surface area contributed by atoms with Crippen molar-refractivity contribution < 1.29 is 48.7 Å². The minimum Gasteiger partial charge on any atom is -0.543 e. The summed E-state index contributed by atoms with van der Waals surface area (Å²) in [7, 11) is 0. The molecule has 1 saturated heterocycles. The number of carbonyl (C=O) groups excluding carboxylic acids is 3. The fourth-order valence-electron chi connectivity index (χ4n) is 5.73. The zero-order valence-corrected chi connectivity index (χ0v) is 30.5. The van der Waals surface area contributed by atoms with E-state index in [0.717, 1.165) is 27.8 Å². The van der Waals surface area contributed by atoms with E-state index >= 15 is 0 Å². The average Bonchev–Trinajstić information content (AvgIpc) is 3.73. The van der Waals surface area contributed by atoms with Crippen LogP contribution in [0.2, 0.25) is 0 Å². The van der Waals surface area contributed by atoms with Gasteiger partial charge in [-0.05, 0) is 37.6 Å². The van der Waals surface area contributed by atoms with Gasteiger partial charge in [-0.1, -0.05) is 17.3 Å². The highest BCUT2D eigenvalue weighted by molar-refractivity contribution is 8.00. The van der Waals surface area contributed by atoms with Crippen LogP contribution in [0.25, 0.3) is 10.9 Å². The molecule has 1 fully saturated rings. The normalized spacial score (nSPS) is 16.8. The number of aromatic nitrogens is 3. The summed E-state index contributed by atoms with van der Waals surface area (Å²) in [6.07, 6.45) is 5.38. The number of nitrogens with zero attached hydrogens (tertiary/aromatic N) is 6. The fourth-order valence-corrected chi connectivity index (χ4v) is 7.68. The lowest BCUT2D eigenvalue weighted by molar-refractivity contribution is -0.687. The summed E-state index contributed by atoms with van der Waals surface area (Å²) < 4.78 is 3.93. The Hall–Kier alpha value is -6.28. The van der Waals surface area contributed by atoms with E-state index in [9.17, 15) is 29.4 Å². The molecule has 0 saturated carbocycles. The number of carboxylic acid groups (broad SMARTS) is 3. The Bertz CT molecular complexity index is 2210. The van der Waals surface area contributed by atoms with Gasteiger partial charge >= 0.3 is 5.97 Å². The molecule has 5 heterocycles. The van der Waals surface area contributed by atoms with Crippen molar-refractivity contribution in [3.05, 3.63) is 82.9 Å². The average molecular weight is 778 g/mol. The van der Waals surface area contributed by atoms with Gasteiger partial charge in [0, 0.05) is 41.9 Å². The largest absolute Gasteiger partial charge is 0.543 e. The molecule has 3 aromatic heterocycles. The highest BCUT2D eigenvalue weighted by Gasteiger charge is 2.53. The number of Topliss-reactive ketones (excluding diaryl/α,β-unsaturated/α-hetero) is 1.